The summed E-state index contributed by atoms with van der Waals surface area (Å²) in [6.45, 7) is 5.90. The Hall–Kier alpha value is -4.86. The number of aryl methyl sites for hydroxylation is 2. The van der Waals surface area contributed by atoms with Gasteiger partial charge in [-0.1, -0.05) is 24.3 Å². The highest BCUT2D eigenvalue weighted by Crippen LogP contribution is 2.23. The summed E-state index contributed by atoms with van der Waals surface area (Å²) in [6, 6.07) is 19.8. The topological polar surface area (TPSA) is 103 Å². The number of pyridine rings is 1. The van der Waals surface area contributed by atoms with Crippen LogP contribution in [0.5, 0.6) is 0 Å². The molecule has 0 saturated heterocycles. The van der Waals surface area contributed by atoms with Crippen molar-refractivity contribution in [1.82, 2.24) is 43.6 Å². The van der Waals surface area contributed by atoms with E-state index in [1.807, 2.05) is 95.1 Å². The lowest BCUT2D eigenvalue weighted by Crippen LogP contribution is -2.34. The molecular weight excluding hydrogens is 452 g/mol. The van der Waals surface area contributed by atoms with E-state index in [1.54, 1.807) is 6.20 Å². The Bertz CT molecular complexity index is 1850. The quantitative estimate of drug-likeness (QED) is 0.366. The number of fused-ring (bicyclic) bond motifs is 3. The molecule has 1 aliphatic rings. The van der Waals surface area contributed by atoms with Crippen LogP contribution in [0.2, 0.25) is 0 Å². The van der Waals surface area contributed by atoms with Crippen LogP contribution in [0.4, 0.5) is 5.95 Å². The number of aromatic nitrogens is 8. The SMILES string of the molecule is Cc1nc2ccccc2n1-c1nc(-n2c(C)nc3cccnc32)nc([N+]2=c3ccccc3=NC2C)n1. The molecule has 1 aliphatic heterocycles. The zero-order chi connectivity index (χ0) is 24.4. The molecule has 0 fully saturated rings. The van der Waals surface area contributed by atoms with Gasteiger partial charge < -0.3 is 0 Å². The number of hydrogen-bond acceptors (Lipinski definition) is 7. The van der Waals surface area contributed by atoms with Crippen LogP contribution in [0.25, 0.3) is 34.1 Å². The van der Waals surface area contributed by atoms with E-state index in [-0.39, 0.29) is 6.17 Å². The molecule has 10 nitrogen and oxygen atoms in total. The third kappa shape index (κ3) is 2.97. The zero-order valence-electron chi connectivity index (χ0n) is 19.9. The maximum absolute atomic E-state index is 4.95. The van der Waals surface area contributed by atoms with E-state index in [0.717, 1.165) is 38.9 Å². The van der Waals surface area contributed by atoms with Gasteiger partial charge in [0.05, 0.1) is 11.0 Å². The molecule has 2 aromatic carbocycles. The Morgan fingerprint density at radius 1 is 0.722 bits per heavy atom. The third-order valence-electron chi connectivity index (χ3n) is 6.37. The fraction of sp³-hybridized carbons (Fsp3) is 0.154. The molecule has 0 N–H and O–H groups in total. The van der Waals surface area contributed by atoms with Crippen molar-refractivity contribution < 1.29 is 0 Å². The Balaban J connectivity index is 1.58. The number of nitrogens with zero attached hydrogens (tertiary/aromatic N) is 10. The maximum atomic E-state index is 4.95. The first-order valence-electron chi connectivity index (χ1n) is 11.7. The van der Waals surface area contributed by atoms with E-state index in [1.165, 1.54) is 0 Å². The molecule has 0 aliphatic carbocycles. The minimum Gasteiger partial charge on any atom is -0.250 e. The molecule has 1 unspecified atom stereocenters. The first kappa shape index (κ1) is 20.5. The smallest absolute Gasteiger partial charge is 0.250 e. The van der Waals surface area contributed by atoms with Gasteiger partial charge in [0.15, 0.2) is 11.8 Å². The van der Waals surface area contributed by atoms with Gasteiger partial charge in [-0.25, -0.2) is 33.7 Å². The number of benzene rings is 2. The Morgan fingerprint density at radius 2 is 1.42 bits per heavy atom. The summed E-state index contributed by atoms with van der Waals surface area (Å²) in [5, 5.41) is 1.86. The van der Waals surface area contributed by atoms with Gasteiger partial charge in [-0.3, -0.25) is 0 Å². The number of para-hydroxylation sites is 4. The van der Waals surface area contributed by atoms with Crippen LogP contribution in [-0.2, 0) is 0 Å². The van der Waals surface area contributed by atoms with Crippen molar-refractivity contribution in [2.75, 3.05) is 0 Å². The standard InChI is InChI=1S/C26H21N10/c1-15-28-18-9-4-6-12-21(18)34(15)24-31-25(35-16(2)29-19-10-5-7-13-22(19)35)33-26(32-24)36-17(3)30-20-11-8-14-27-23(20)36/h4-15H,1-3H3/q+1. The highest BCUT2D eigenvalue weighted by atomic mass is 15.4. The predicted octanol–water partition coefficient (Wildman–Crippen LogP) is 2.36. The molecule has 36 heavy (non-hydrogen) atoms. The van der Waals surface area contributed by atoms with E-state index in [9.17, 15) is 0 Å². The summed E-state index contributed by atoms with van der Waals surface area (Å²) in [7, 11) is 0. The van der Waals surface area contributed by atoms with Gasteiger partial charge in [-0.2, -0.15) is 0 Å². The van der Waals surface area contributed by atoms with Crippen LogP contribution in [0.15, 0.2) is 71.9 Å². The third-order valence-corrected chi connectivity index (χ3v) is 6.37. The maximum Gasteiger partial charge on any atom is 0.442 e. The Kier molecular flexibility index (Phi) is 4.31. The van der Waals surface area contributed by atoms with Crippen LogP contribution in [0, 0.1) is 13.8 Å². The van der Waals surface area contributed by atoms with Gasteiger partial charge in [0.25, 0.3) is 0 Å². The van der Waals surface area contributed by atoms with Crippen LogP contribution in [0.3, 0.4) is 0 Å². The van der Waals surface area contributed by atoms with Crippen LogP contribution in [-0.4, -0.2) is 45.2 Å². The van der Waals surface area contributed by atoms with Crippen molar-refractivity contribution in [3.05, 3.63) is 89.2 Å². The van der Waals surface area contributed by atoms with Crippen molar-refractivity contribution in [3.8, 4) is 11.9 Å². The summed E-state index contributed by atoms with van der Waals surface area (Å²) in [6.07, 6.45) is 1.57. The van der Waals surface area contributed by atoms with Gasteiger partial charge in [0.1, 0.15) is 27.9 Å². The van der Waals surface area contributed by atoms with Crippen molar-refractivity contribution in [2.24, 2.45) is 4.99 Å². The minimum atomic E-state index is -0.176. The second-order valence-corrected chi connectivity index (χ2v) is 8.68. The fourth-order valence-corrected chi connectivity index (χ4v) is 4.83. The number of hydrogen-bond donors (Lipinski definition) is 0. The fourth-order valence-electron chi connectivity index (χ4n) is 4.83. The molecular formula is C26H21N10+. The molecule has 0 amide bonds. The van der Waals surface area contributed by atoms with Crippen LogP contribution in [0.1, 0.15) is 18.6 Å². The Morgan fingerprint density at radius 3 is 2.31 bits per heavy atom. The van der Waals surface area contributed by atoms with Gasteiger partial charge >= 0.3 is 17.8 Å². The molecule has 1 atom stereocenters. The second-order valence-electron chi connectivity index (χ2n) is 8.68. The van der Waals surface area contributed by atoms with E-state index < -0.39 is 0 Å². The molecule has 174 valence electrons. The average Bonchev–Trinajstić information content (AvgIpc) is 3.51. The molecule has 7 rings (SSSR count). The first-order valence-corrected chi connectivity index (χ1v) is 11.7. The predicted molar refractivity (Wildman–Crippen MR) is 134 cm³/mol. The summed E-state index contributed by atoms with van der Waals surface area (Å²) >= 11 is 0. The zero-order valence-corrected chi connectivity index (χ0v) is 19.9. The monoisotopic (exact) mass is 473 g/mol. The molecule has 0 saturated carbocycles. The van der Waals surface area contributed by atoms with Gasteiger partial charge in [-0.15, -0.1) is 4.98 Å². The minimum absolute atomic E-state index is 0.176. The lowest BCUT2D eigenvalue weighted by molar-refractivity contribution is 0.579. The summed E-state index contributed by atoms with van der Waals surface area (Å²) in [4.78, 5) is 33.6. The van der Waals surface area contributed by atoms with Crippen molar-refractivity contribution in [3.63, 3.8) is 0 Å². The highest BCUT2D eigenvalue weighted by Gasteiger charge is 2.30. The van der Waals surface area contributed by atoms with Gasteiger partial charge in [0.2, 0.25) is 0 Å². The summed E-state index contributed by atoms with van der Waals surface area (Å²) in [5.74, 6) is 2.91. The normalized spacial score (nSPS) is 15.0. The molecule has 6 aromatic rings. The van der Waals surface area contributed by atoms with Crippen molar-refractivity contribution in [2.45, 2.75) is 26.9 Å². The van der Waals surface area contributed by atoms with Crippen LogP contribution < -0.4 is 15.3 Å². The van der Waals surface area contributed by atoms with E-state index in [4.69, 9.17) is 24.9 Å². The Labute approximate surface area is 205 Å². The van der Waals surface area contributed by atoms with E-state index in [0.29, 0.717) is 23.5 Å². The first-order chi connectivity index (χ1) is 17.6. The van der Waals surface area contributed by atoms with E-state index in [2.05, 4.69) is 9.97 Å². The highest BCUT2D eigenvalue weighted by molar-refractivity contribution is 5.77. The molecule has 4 aromatic heterocycles. The molecule has 10 heteroatoms. The molecule has 0 radical (unpaired) electrons. The van der Waals surface area contributed by atoms with Gasteiger partial charge in [-0.05, 0) is 67.1 Å². The molecule has 5 heterocycles. The molecule has 0 bridgehead atoms. The second kappa shape index (κ2) is 7.57. The largest absolute Gasteiger partial charge is 0.442 e. The van der Waals surface area contributed by atoms with Crippen molar-refractivity contribution in [1.29, 1.82) is 0 Å². The molecule has 0 spiro atoms. The lowest BCUT2D eigenvalue weighted by Gasteiger charge is -2.08. The number of rotatable bonds is 3. The summed E-state index contributed by atoms with van der Waals surface area (Å²) < 4.78 is 5.85. The summed E-state index contributed by atoms with van der Waals surface area (Å²) in [5.41, 5.74) is 3.25. The van der Waals surface area contributed by atoms with Crippen molar-refractivity contribution >= 4 is 28.1 Å². The van der Waals surface area contributed by atoms with E-state index >= 15 is 0 Å². The number of imidazole rings is 2. The lowest BCUT2D eigenvalue weighted by atomic mass is 10.3. The average molecular weight is 474 g/mol. The van der Waals surface area contributed by atoms with Crippen LogP contribution >= 0.6 is 0 Å². The van der Waals surface area contributed by atoms with Gasteiger partial charge in [0, 0.05) is 6.20 Å².